The van der Waals surface area contributed by atoms with Crippen molar-refractivity contribution in [2.24, 2.45) is 0 Å². The predicted molar refractivity (Wildman–Crippen MR) is 193 cm³/mol. The molecule has 2 heteroatoms. The van der Waals surface area contributed by atoms with Gasteiger partial charge in [-0.05, 0) is 44.8 Å². The monoisotopic (exact) mass is 658 g/mol. The Morgan fingerprint density at radius 3 is 1.23 bits per heavy atom. The Morgan fingerprint density at radius 2 is 0.818 bits per heavy atom. The molecule has 0 unspecified atom stereocenters. The quantitative estimate of drug-likeness (QED) is 0.128. The van der Waals surface area contributed by atoms with Gasteiger partial charge in [-0.3, -0.25) is 0 Å². The van der Waals surface area contributed by atoms with Gasteiger partial charge in [0, 0.05) is 0 Å². The molecule has 8 rings (SSSR count). The van der Waals surface area contributed by atoms with Crippen LogP contribution >= 0.6 is 0 Å². The molecular formula is C42H36SiZr-4. The summed E-state index contributed by atoms with van der Waals surface area (Å²) in [5.41, 5.74) is 7.88. The summed E-state index contributed by atoms with van der Waals surface area (Å²) in [6.07, 6.45) is 0. The Kier molecular flexibility index (Phi) is 11.1. The van der Waals surface area contributed by atoms with Crippen molar-refractivity contribution in [1.82, 2.24) is 0 Å². The van der Waals surface area contributed by atoms with E-state index in [2.05, 4.69) is 166 Å². The average Bonchev–Trinajstić information content (AvgIpc) is 3.62. The Morgan fingerprint density at radius 1 is 0.432 bits per heavy atom. The van der Waals surface area contributed by atoms with Crippen LogP contribution in [0.1, 0.15) is 11.1 Å². The van der Waals surface area contributed by atoms with Gasteiger partial charge >= 0.3 is 30.2 Å². The van der Waals surface area contributed by atoms with Crippen LogP contribution in [0.3, 0.4) is 0 Å². The van der Waals surface area contributed by atoms with Gasteiger partial charge in [0.25, 0.3) is 0 Å². The molecule has 0 nitrogen and oxygen atoms in total. The van der Waals surface area contributed by atoms with Crippen LogP contribution in [0, 0.1) is 28.7 Å². The van der Waals surface area contributed by atoms with Crippen LogP contribution in [-0.4, -0.2) is 6.88 Å². The fraction of sp³-hybridized carbons (Fsp3) is 0.0476. The first kappa shape index (κ1) is 33.1. The number of rotatable bonds is 2. The number of benzene rings is 6. The van der Waals surface area contributed by atoms with E-state index in [9.17, 15) is 0 Å². The van der Waals surface area contributed by atoms with E-state index in [-0.39, 0.29) is 14.9 Å². The summed E-state index contributed by atoms with van der Waals surface area (Å²) in [5, 5.41) is 10.5. The molecule has 0 spiro atoms. The first-order chi connectivity index (χ1) is 20.6. The molecule has 8 aromatic rings. The molecule has 0 saturated heterocycles. The van der Waals surface area contributed by atoms with Crippen molar-refractivity contribution in [3.8, 4) is 22.3 Å². The summed E-state index contributed by atoms with van der Waals surface area (Å²) in [6.45, 7) is 7.38. The molecule has 0 atom stereocenters. The Hall–Kier alpha value is -3.84. The van der Waals surface area contributed by atoms with Gasteiger partial charge in [0.2, 0.25) is 0 Å². The molecular weight excluding hydrogens is 624 g/mol. The summed E-state index contributed by atoms with van der Waals surface area (Å²) in [4.78, 5) is 0. The molecule has 2 radical (unpaired) electrons. The van der Waals surface area contributed by atoms with Crippen molar-refractivity contribution in [1.29, 1.82) is 0 Å². The van der Waals surface area contributed by atoms with Crippen LogP contribution in [0.25, 0.3) is 65.3 Å². The van der Waals surface area contributed by atoms with E-state index in [1.165, 1.54) is 99.8 Å². The standard InChI is InChI=1S/2C20H15.2CH3.Si.Zr/c2*1-14-11-17-7-4-8-19(20(17)12-14)18-10-9-15-5-2-3-6-16(15)13-18;;;;/h2*2-13H,1H3;2*1H3;;/q4*-1;;. The minimum absolute atomic E-state index is 0. The Labute approximate surface area is 279 Å². The van der Waals surface area contributed by atoms with Gasteiger partial charge in [-0.2, -0.15) is 12.1 Å². The molecule has 0 N–H and O–H groups in total. The SMILES string of the molecule is Cc1cc2c(-c3ccc4ccccc4c3)cccc2[cH-]1.Cc1cc2c(-c3ccc4ccccc4c3)cccc2[cH-]1.[CH3-].[CH3-].[Si]=[Zr]. The summed E-state index contributed by atoms with van der Waals surface area (Å²) in [6, 6.07) is 52.6. The van der Waals surface area contributed by atoms with E-state index in [1.807, 2.05) is 0 Å². The van der Waals surface area contributed by atoms with E-state index < -0.39 is 0 Å². The van der Waals surface area contributed by atoms with Crippen LogP contribution in [0.15, 0.2) is 146 Å². The number of hydrogen-bond donors (Lipinski definition) is 0. The maximum absolute atomic E-state index is 3.06. The number of hydrogen-bond acceptors (Lipinski definition) is 0. The molecule has 216 valence electrons. The fourth-order valence-electron chi connectivity index (χ4n) is 5.99. The van der Waals surface area contributed by atoms with Crippen molar-refractivity contribution < 1.29 is 23.3 Å². The van der Waals surface area contributed by atoms with Crippen LogP contribution < -0.4 is 0 Å². The second kappa shape index (κ2) is 14.8. The topological polar surface area (TPSA) is 0 Å². The zero-order valence-electron chi connectivity index (χ0n) is 25.9. The maximum atomic E-state index is 3.06. The van der Waals surface area contributed by atoms with Crippen molar-refractivity contribution in [3.05, 3.63) is 172 Å². The normalized spacial score (nSPS) is 10.3. The summed E-state index contributed by atoms with van der Waals surface area (Å²) >= 11 is 1.36. The van der Waals surface area contributed by atoms with Gasteiger partial charge in [-0.15, -0.1) is 69.1 Å². The van der Waals surface area contributed by atoms with E-state index in [0.29, 0.717) is 0 Å². The zero-order valence-corrected chi connectivity index (χ0v) is 29.3. The van der Waals surface area contributed by atoms with Gasteiger partial charge in [0.15, 0.2) is 0 Å². The molecule has 0 aliphatic rings. The van der Waals surface area contributed by atoms with E-state index in [1.54, 1.807) is 0 Å². The molecule has 8 aromatic carbocycles. The molecule has 0 amide bonds. The zero-order chi connectivity index (χ0) is 29.1. The van der Waals surface area contributed by atoms with Crippen LogP contribution in [-0.2, 0) is 23.3 Å². The van der Waals surface area contributed by atoms with Gasteiger partial charge in [-0.25, -0.2) is 0 Å². The summed E-state index contributed by atoms with van der Waals surface area (Å²) in [5.74, 6) is 0. The third kappa shape index (κ3) is 6.78. The number of fused-ring (bicyclic) bond motifs is 4. The van der Waals surface area contributed by atoms with Gasteiger partial charge < -0.3 is 14.9 Å². The molecule has 0 bridgehead atoms. The third-order valence-electron chi connectivity index (χ3n) is 7.91. The first-order valence-electron chi connectivity index (χ1n) is 14.2. The average molecular weight is 660 g/mol. The molecule has 44 heavy (non-hydrogen) atoms. The van der Waals surface area contributed by atoms with Crippen LogP contribution in [0.5, 0.6) is 0 Å². The predicted octanol–water partition coefficient (Wildman–Crippen LogP) is 11.9. The van der Waals surface area contributed by atoms with Crippen LogP contribution in [0.4, 0.5) is 0 Å². The van der Waals surface area contributed by atoms with E-state index in [0.717, 1.165) is 0 Å². The first-order valence-corrected chi connectivity index (χ1v) is 18.4. The Balaban J connectivity index is 0.000000182. The van der Waals surface area contributed by atoms with Crippen molar-refractivity contribution in [2.75, 3.05) is 0 Å². The fourth-order valence-corrected chi connectivity index (χ4v) is 5.99. The van der Waals surface area contributed by atoms with Gasteiger partial charge in [0.05, 0.1) is 0 Å². The van der Waals surface area contributed by atoms with E-state index in [4.69, 9.17) is 0 Å². The molecule has 0 aliphatic heterocycles. The molecule has 0 heterocycles. The third-order valence-corrected chi connectivity index (χ3v) is 7.91. The Bertz CT molecular complexity index is 2010. The second-order valence-corrected chi connectivity index (χ2v) is 10.8. The minimum atomic E-state index is 0. The van der Waals surface area contributed by atoms with Gasteiger partial charge in [-0.1, -0.05) is 110 Å². The molecule has 0 fully saturated rings. The molecule has 0 saturated carbocycles. The summed E-state index contributed by atoms with van der Waals surface area (Å²) in [7, 11) is 0. The second-order valence-electron chi connectivity index (χ2n) is 10.8. The van der Waals surface area contributed by atoms with E-state index >= 15 is 0 Å². The van der Waals surface area contributed by atoms with Crippen LogP contribution in [0.2, 0.25) is 0 Å². The summed E-state index contributed by atoms with van der Waals surface area (Å²) < 4.78 is 0. The van der Waals surface area contributed by atoms with Crippen molar-refractivity contribution in [3.63, 3.8) is 0 Å². The van der Waals surface area contributed by atoms with Crippen molar-refractivity contribution in [2.45, 2.75) is 13.8 Å². The van der Waals surface area contributed by atoms with Crippen molar-refractivity contribution >= 4 is 50.0 Å². The molecule has 0 aromatic heterocycles. The molecule has 0 aliphatic carbocycles. The van der Waals surface area contributed by atoms with Gasteiger partial charge in [0.1, 0.15) is 0 Å². The number of aryl methyl sites for hydroxylation is 2.